The molecule has 0 aromatic heterocycles. The predicted molar refractivity (Wildman–Crippen MR) is 161 cm³/mol. The van der Waals surface area contributed by atoms with Gasteiger partial charge in [-0.05, 0) is 41.6 Å². The normalized spacial score (nSPS) is 13.1. The van der Waals surface area contributed by atoms with Gasteiger partial charge in [-0.25, -0.2) is 0 Å². The number of benzene rings is 2. The molecule has 0 spiro atoms. The van der Waals surface area contributed by atoms with E-state index < -0.39 is 16.5 Å². The number of hydrogen-bond donors (Lipinski definition) is 0. The third kappa shape index (κ3) is 5.23. The van der Waals surface area contributed by atoms with Crippen LogP contribution >= 0.6 is 0 Å². The third-order valence-corrected chi connectivity index (χ3v) is 19.8. The molecule has 0 aliphatic rings. The zero-order valence-electron chi connectivity index (χ0n) is 24.1. The zero-order chi connectivity index (χ0) is 26.1. The number of hydrogen-bond acceptors (Lipinski definition) is 2. The van der Waals surface area contributed by atoms with Gasteiger partial charge in [0, 0.05) is 35.6 Å². The summed E-state index contributed by atoms with van der Waals surface area (Å²) >= 11 is 0. The van der Waals surface area contributed by atoms with Crippen LogP contribution in [0.4, 0.5) is 11.4 Å². The van der Waals surface area contributed by atoms with Gasteiger partial charge in [-0.2, -0.15) is 0 Å². The molecule has 2 rings (SSSR count). The highest BCUT2D eigenvalue weighted by Crippen LogP contribution is 2.45. The number of nitrogens with zero attached hydrogens (tertiary/aromatic N) is 2. The quantitative estimate of drug-likeness (QED) is 0.337. The van der Waals surface area contributed by atoms with E-state index in [0.717, 1.165) is 18.7 Å². The highest BCUT2D eigenvalue weighted by molar-refractivity contribution is 6.84. The number of rotatable bonds is 8. The Kier molecular flexibility index (Phi) is 8.42. The van der Waals surface area contributed by atoms with Gasteiger partial charge in [-0.1, -0.05) is 111 Å². The Bertz CT molecular complexity index is 914. The van der Waals surface area contributed by atoms with Crippen LogP contribution in [-0.4, -0.2) is 29.6 Å². The molecule has 2 aromatic carbocycles. The molecule has 4 heteroatoms. The van der Waals surface area contributed by atoms with E-state index >= 15 is 0 Å². The van der Waals surface area contributed by atoms with Crippen LogP contribution in [0, 0.1) is 0 Å². The van der Waals surface area contributed by atoms with Gasteiger partial charge in [0.2, 0.25) is 0 Å². The molecule has 0 amide bonds. The Morgan fingerprint density at radius 3 is 1.21 bits per heavy atom. The SMILES string of the molecule is C=C(c1ccccc1N(CC)[Si](C)(C)C(C)(C)C)c1ccccc1N(CC)[Si](C)(C)C(C)(C)C. The summed E-state index contributed by atoms with van der Waals surface area (Å²) in [5.74, 6) is 0. The minimum atomic E-state index is -1.76. The Morgan fingerprint density at radius 2 is 0.941 bits per heavy atom. The summed E-state index contributed by atoms with van der Waals surface area (Å²) in [6, 6.07) is 17.8. The number of para-hydroxylation sites is 2. The standard InChI is InChI=1S/C30H50N2Si2/c1-14-31(33(10,11)29(4,5)6)27-22-18-16-20-25(27)24(3)26-21-17-19-23-28(26)32(15-2)34(12,13)30(7,8)9/h16-23H,3,14-15H2,1-2,4-13H3. The van der Waals surface area contributed by atoms with Gasteiger partial charge in [0.15, 0.2) is 16.5 Å². The average Bonchev–Trinajstić information content (AvgIpc) is 2.73. The fraction of sp³-hybridized carbons (Fsp3) is 0.533. The summed E-state index contributed by atoms with van der Waals surface area (Å²) in [7, 11) is -3.52. The molecule has 2 aromatic rings. The van der Waals surface area contributed by atoms with Gasteiger partial charge in [0.1, 0.15) is 0 Å². The first-order valence-electron chi connectivity index (χ1n) is 12.9. The molecule has 0 bridgehead atoms. The fourth-order valence-electron chi connectivity index (χ4n) is 4.62. The zero-order valence-corrected chi connectivity index (χ0v) is 26.1. The fourth-order valence-corrected chi connectivity index (χ4v) is 9.41. The van der Waals surface area contributed by atoms with E-state index in [0.29, 0.717) is 0 Å². The van der Waals surface area contributed by atoms with Crippen molar-refractivity contribution < 1.29 is 0 Å². The second kappa shape index (κ2) is 10.1. The Hall–Kier alpha value is -1.79. The lowest BCUT2D eigenvalue weighted by Gasteiger charge is -2.48. The molecular weight excluding hydrogens is 445 g/mol. The predicted octanol–water partition coefficient (Wildman–Crippen LogP) is 9.41. The Balaban J connectivity index is 2.69. The summed E-state index contributed by atoms with van der Waals surface area (Å²) in [5.41, 5.74) is 6.29. The highest BCUT2D eigenvalue weighted by atomic mass is 28.3. The van der Waals surface area contributed by atoms with Crippen LogP contribution in [0.5, 0.6) is 0 Å². The van der Waals surface area contributed by atoms with Crippen molar-refractivity contribution in [2.45, 2.75) is 91.7 Å². The number of anilines is 2. The monoisotopic (exact) mass is 494 g/mol. The lowest BCUT2D eigenvalue weighted by atomic mass is 9.96. The maximum atomic E-state index is 4.72. The molecule has 0 fully saturated rings. The van der Waals surface area contributed by atoms with Crippen LogP contribution in [0.15, 0.2) is 55.1 Å². The van der Waals surface area contributed by atoms with Crippen molar-refractivity contribution in [2.24, 2.45) is 0 Å². The van der Waals surface area contributed by atoms with Gasteiger partial charge in [-0.15, -0.1) is 0 Å². The van der Waals surface area contributed by atoms with E-state index in [2.05, 4.69) is 139 Å². The van der Waals surface area contributed by atoms with Gasteiger partial charge in [-0.3, -0.25) is 0 Å². The van der Waals surface area contributed by atoms with Crippen LogP contribution in [0.1, 0.15) is 66.5 Å². The second-order valence-electron chi connectivity index (χ2n) is 12.6. The Morgan fingerprint density at radius 1 is 0.647 bits per heavy atom. The molecule has 0 atom stereocenters. The molecule has 0 unspecified atom stereocenters. The molecule has 188 valence electrons. The topological polar surface area (TPSA) is 6.48 Å². The molecule has 34 heavy (non-hydrogen) atoms. The van der Waals surface area contributed by atoms with E-state index in [9.17, 15) is 0 Å². The third-order valence-electron chi connectivity index (χ3n) is 8.69. The largest absolute Gasteiger partial charge is 0.397 e. The van der Waals surface area contributed by atoms with Crippen LogP contribution < -0.4 is 9.13 Å². The van der Waals surface area contributed by atoms with Gasteiger partial charge >= 0.3 is 0 Å². The van der Waals surface area contributed by atoms with Crippen molar-refractivity contribution in [2.75, 3.05) is 22.2 Å². The first kappa shape index (κ1) is 28.5. The van der Waals surface area contributed by atoms with Gasteiger partial charge < -0.3 is 9.13 Å². The smallest absolute Gasteiger partial charge is 0.155 e. The van der Waals surface area contributed by atoms with Crippen LogP contribution in [-0.2, 0) is 0 Å². The minimum absolute atomic E-state index is 0.261. The Labute approximate surface area is 213 Å². The molecular formula is C30H50N2Si2. The van der Waals surface area contributed by atoms with Crippen molar-refractivity contribution in [3.63, 3.8) is 0 Å². The van der Waals surface area contributed by atoms with Crippen LogP contribution in [0.25, 0.3) is 5.57 Å². The van der Waals surface area contributed by atoms with Gasteiger partial charge in [0.05, 0.1) is 0 Å². The lowest BCUT2D eigenvalue weighted by molar-refractivity contribution is 0.706. The molecule has 0 aliphatic carbocycles. The lowest BCUT2D eigenvalue weighted by Crippen LogP contribution is -2.55. The second-order valence-corrected chi connectivity index (χ2v) is 22.9. The molecule has 2 nitrogen and oxygen atoms in total. The van der Waals surface area contributed by atoms with E-state index in [4.69, 9.17) is 6.58 Å². The molecule has 0 aliphatic heterocycles. The molecule has 0 saturated heterocycles. The highest BCUT2D eigenvalue weighted by Gasteiger charge is 2.43. The summed E-state index contributed by atoms with van der Waals surface area (Å²) in [6.45, 7) is 35.7. The summed E-state index contributed by atoms with van der Waals surface area (Å²) in [5, 5.41) is 0.521. The van der Waals surface area contributed by atoms with E-state index in [-0.39, 0.29) is 10.1 Å². The average molecular weight is 495 g/mol. The van der Waals surface area contributed by atoms with E-state index in [1.807, 2.05) is 0 Å². The minimum Gasteiger partial charge on any atom is -0.397 e. The van der Waals surface area contributed by atoms with Crippen LogP contribution in [0.2, 0.25) is 36.3 Å². The summed E-state index contributed by atoms with van der Waals surface area (Å²) in [6.07, 6.45) is 0. The first-order valence-corrected chi connectivity index (χ1v) is 18.8. The maximum absolute atomic E-state index is 4.72. The molecule has 0 heterocycles. The molecule has 0 N–H and O–H groups in total. The summed E-state index contributed by atoms with van der Waals surface area (Å²) < 4.78 is 5.39. The summed E-state index contributed by atoms with van der Waals surface area (Å²) in [4.78, 5) is 0. The van der Waals surface area contributed by atoms with Crippen molar-refractivity contribution in [3.8, 4) is 0 Å². The van der Waals surface area contributed by atoms with Crippen molar-refractivity contribution in [3.05, 3.63) is 66.2 Å². The van der Waals surface area contributed by atoms with Crippen molar-refractivity contribution in [1.29, 1.82) is 0 Å². The van der Waals surface area contributed by atoms with Gasteiger partial charge in [0.25, 0.3) is 0 Å². The van der Waals surface area contributed by atoms with Crippen molar-refractivity contribution in [1.82, 2.24) is 0 Å². The van der Waals surface area contributed by atoms with Crippen molar-refractivity contribution >= 4 is 33.4 Å². The van der Waals surface area contributed by atoms with Crippen LogP contribution in [0.3, 0.4) is 0 Å². The van der Waals surface area contributed by atoms with E-state index in [1.54, 1.807) is 0 Å². The maximum Gasteiger partial charge on any atom is 0.155 e. The molecule has 0 radical (unpaired) electrons. The van der Waals surface area contributed by atoms with E-state index in [1.165, 1.54) is 22.5 Å². The molecule has 0 saturated carbocycles. The first-order chi connectivity index (χ1) is 15.5.